The van der Waals surface area contributed by atoms with Crippen molar-refractivity contribution in [3.63, 3.8) is 0 Å². The maximum Gasteiger partial charge on any atom is 0.333 e. The summed E-state index contributed by atoms with van der Waals surface area (Å²) in [4.78, 5) is 23.5. The van der Waals surface area contributed by atoms with E-state index in [1.165, 1.54) is 83.0 Å². The standard InChI is InChI=1S/C63H82O12/c1-41(2)61(66)74-39-51(64)37-70-43(5)33-68-45(7)35-72-59-29-27-49(31-55(59)47-19-11-9-12-20-47)63(57-25-17-15-23-53(57)54-24-16-18-26-58(54)63)50-28-30-60(56(32-50)48-21-13-10-14-22-48)73-36-46(8)69-34-44(6)71-38-52(65)40-75-62(67)42(3)4/h15-18,23-32,43-48,51-52,64-65H,1,3,9-14,19-22,33-40H2,2,4-8H3. The van der Waals surface area contributed by atoms with Gasteiger partial charge in [-0.1, -0.05) is 124 Å². The predicted molar refractivity (Wildman–Crippen MR) is 292 cm³/mol. The number of rotatable bonds is 28. The number of hydrogen-bond donors (Lipinski definition) is 2. The average molecular weight is 1030 g/mol. The number of esters is 2. The van der Waals surface area contributed by atoms with E-state index in [-0.39, 0.29) is 62.0 Å². The highest BCUT2D eigenvalue weighted by atomic mass is 16.6. The Kier molecular flexibility index (Phi) is 21.1. The molecule has 2 fully saturated rings. The molecule has 0 saturated heterocycles. The Bertz CT molecular complexity index is 2350. The number of hydrogen-bond acceptors (Lipinski definition) is 12. The molecule has 75 heavy (non-hydrogen) atoms. The van der Waals surface area contributed by atoms with Gasteiger partial charge in [0.25, 0.3) is 0 Å². The number of carbonyl (C=O) groups excluding carboxylic acids is 2. The van der Waals surface area contributed by atoms with Gasteiger partial charge in [0.05, 0.1) is 56.3 Å². The Hall–Kier alpha value is -5.34. The Balaban J connectivity index is 1.13. The molecule has 0 aromatic heterocycles. The summed E-state index contributed by atoms with van der Waals surface area (Å²) in [6, 6.07) is 31.7. The van der Waals surface area contributed by atoms with Gasteiger partial charge < -0.3 is 48.1 Å². The van der Waals surface area contributed by atoms with Crippen molar-refractivity contribution in [1.29, 1.82) is 0 Å². The smallest absolute Gasteiger partial charge is 0.333 e. The number of carbonyl (C=O) groups is 2. The lowest BCUT2D eigenvalue weighted by atomic mass is 9.66. The molecule has 12 nitrogen and oxygen atoms in total. The van der Waals surface area contributed by atoms with Crippen LogP contribution in [0, 0.1) is 0 Å². The van der Waals surface area contributed by atoms with E-state index in [9.17, 15) is 19.8 Å². The quantitative estimate of drug-likeness (QED) is 0.0363. The number of aliphatic hydroxyl groups is 2. The topological polar surface area (TPSA) is 148 Å². The van der Waals surface area contributed by atoms with Crippen molar-refractivity contribution in [3.05, 3.63) is 143 Å². The lowest BCUT2D eigenvalue weighted by molar-refractivity contribution is -0.144. The van der Waals surface area contributed by atoms with Crippen LogP contribution in [0.5, 0.6) is 11.5 Å². The van der Waals surface area contributed by atoms with Crippen molar-refractivity contribution in [3.8, 4) is 22.6 Å². The van der Waals surface area contributed by atoms with E-state index in [0.717, 1.165) is 37.2 Å². The lowest BCUT2D eigenvalue weighted by Crippen LogP contribution is -2.30. The molecule has 0 heterocycles. The molecule has 6 unspecified atom stereocenters. The van der Waals surface area contributed by atoms with Gasteiger partial charge in [-0.2, -0.15) is 0 Å². The van der Waals surface area contributed by atoms with Gasteiger partial charge in [-0.25, -0.2) is 9.59 Å². The van der Waals surface area contributed by atoms with Crippen molar-refractivity contribution in [1.82, 2.24) is 0 Å². The zero-order valence-corrected chi connectivity index (χ0v) is 45.3. The van der Waals surface area contributed by atoms with Gasteiger partial charge in [0.1, 0.15) is 50.1 Å². The van der Waals surface area contributed by atoms with Crippen molar-refractivity contribution in [2.45, 2.75) is 160 Å². The third kappa shape index (κ3) is 15.0. The molecule has 0 spiro atoms. The fraction of sp³-hybridized carbons (Fsp3) is 0.524. The van der Waals surface area contributed by atoms with Crippen LogP contribution >= 0.6 is 0 Å². The first-order chi connectivity index (χ1) is 36.1. The van der Waals surface area contributed by atoms with Crippen LogP contribution in [0.3, 0.4) is 0 Å². The number of ether oxygens (including phenoxy) is 8. The van der Waals surface area contributed by atoms with E-state index in [1.54, 1.807) is 13.8 Å². The summed E-state index contributed by atoms with van der Waals surface area (Å²) in [5, 5.41) is 20.6. The normalized spacial score (nSPS) is 17.9. The molecule has 3 aliphatic carbocycles. The summed E-state index contributed by atoms with van der Waals surface area (Å²) in [6.45, 7) is 19.0. The minimum absolute atomic E-state index is 0.00763. The lowest BCUT2D eigenvalue weighted by Gasteiger charge is -2.36. The molecule has 0 bridgehead atoms. The van der Waals surface area contributed by atoms with Crippen LogP contribution in [0.2, 0.25) is 0 Å². The second-order valence-corrected chi connectivity index (χ2v) is 21.3. The number of fused-ring (bicyclic) bond motifs is 3. The van der Waals surface area contributed by atoms with Gasteiger partial charge >= 0.3 is 11.9 Å². The molecule has 6 atom stereocenters. The Morgan fingerprint density at radius 1 is 0.507 bits per heavy atom. The van der Waals surface area contributed by atoms with Gasteiger partial charge in [-0.05, 0) is 136 Å². The predicted octanol–water partition coefficient (Wildman–Crippen LogP) is 11.5. The summed E-state index contributed by atoms with van der Waals surface area (Å²) in [5.74, 6) is 1.38. The van der Waals surface area contributed by atoms with Crippen LogP contribution in [0.4, 0.5) is 0 Å². The Labute approximate surface area is 445 Å². The minimum atomic E-state index is -0.956. The minimum Gasteiger partial charge on any atom is -0.491 e. The van der Waals surface area contributed by atoms with E-state index in [1.807, 2.05) is 27.7 Å². The van der Waals surface area contributed by atoms with Crippen LogP contribution in [0.15, 0.2) is 109 Å². The fourth-order valence-electron chi connectivity index (χ4n) is 10.8. The first-order valence-electron chi connectivity index (χ1n) is 27.4. The highest BCUT2D eigenvalue weighted by molar-refractivity contribution is 5.88. The summed E-state index contributed by atoms with van der Waals surface area (Å²) in [5.41, 5.74) is 9.81. The summed E-state index contributed by atoms with van der Waals surface area (Å²) in [6.07, 6.45) is 8.59. The third-order valence-electron chi connectivity index (χ3n) is 14.8. The molecule has 0 amide bonds. The molecule has 7 rings (SSSR count). The molecule has 2 saturated carbocycles. The van der Waals surface area contributed by atoms with Crippen LogP contribution in [0.1, 0.15) is 151 Å². The van der Waals surface area contributed by atoms with E-state index in [2.05, 4.69) is 98.1 Å². The van der Waals surface area contributed by atoms with Crippen LogP contribution < -0.4 is 9.47 Å². The molecule has 0 radical (unpaired) electrons. The van der Waals surface area contributed by atoms with Crippen molar-refractivity contribution in [2.75, 3.05) is 52.9 Å². The van der Waals surface area contributed by atoms with E-state index < -0.39 is 29.6 Å². The summed E-state index contributed by atoms with van der Waals surface area (Å²) < 4.78 is 47.7. The van der Waals surface area contributed by atoms with Crippen LogP contribution in [-0.4, -0.2) is 112 Å². The Morgan fingerprint density at radius 3 is 1.25 bits per heavy atom. The molecule has 3 aliphatic rings. The maximum absolute atomic E-state index is 11.7. The second kappa shape index (κ2) is 27.6. The van der Waals surface area contributed by atoms with Crippen molar-refractivity contribution >= 4 is 11.9 Å². The molecule has 406 valence electrons. The third-order valence-corrected chi connectivity index (χ3v) is 14.8. The molecular formula is C63H82O12. The summed E-state index contributed by atoms with van der Waals surface area (Å²) >= 11 is 0. The number of benzene rings is 4. The van der Waals surface area contributed by atoms with E-state index >= 15 is 0 Å². The monoisotopic (exact) mass is 1030 g/mol. The van der Waals surface area contributed by atoms with Gasteiger partial charge in [0, 0.05) is 11.1 Å². The van der Waals surface area contributed by atoms with Gasteiger partial charge in [-0.3, -0.25) is 0 Å². The highest BCUT2D eigenvalue weighted by Crippen LogP contribution is 2.58. The van der Waals surface area contributed by atoms with E-state index in [0.29, 0.717) is 38.3 Å². The SMILES string of the molecule is C=C(C)C(=O)OCC(O)COC(C)COC(C)COc1ccc(C2(c3ccc(OCC(C)OCC(C)OCC(O)COC(=O)C(=C)C)c(C4CCCCC4)c3)c3ccccc3-c3ccccc32)cc1C1CCCCC1. The first-order valence-corrected chi connectivity index (χ1v) is 27.4. The van der Waals surface area contributed by atoms with Crippen molar-refractivity contribution in [2.24, 2.45) is 0 Å². The average Bonchev–Trinajstić information content (AvgIpc) is 3.79. The Morgan fingerprint density at radius 2 is 0.867 bits per heavy atom. The molecule has 4 aromatic rings. The summed E-state index contributed by atoms with van der Waals surface area (Å²) in [7, 11) is 0. The van der Waals surface area contributed by atoms with Gasteiger partial charge in [0.15, 0.2) is 0 Å². The molecule has 2 N–H and O–H groups in total. The zero-order valence-electron chi connectivity index (χ0n) is 45.3. The van der Waals surface area contributed by atoms with Crippen LogP contribution in [0.25, 0.3) is 11.1 Å². The largest absolute Gasteiger partial charge is 0.491 e. The highest BCUT2D eigenvalue weighted by Gasteiger charge is 2.47. The second-order valence-electron chi connectivity index (χ2n) is 21.3. The van der Waals surface area contributed by atoms with Gasteiger partial charge in [0.2, 0.25) is 0 Å². The molecule has 4 aromatic carbocycles. The fourth-order valence-corrected chi connectivity index (χ4v) is 10.8. The van der Waals surface area contributed by atoms with E-state index in [4.69, 9.17) is 37.9 Å². The number of aliphatic hydroxyl groups excluding tert-OH is 2. The van der Waals surface area contributed by atoms with Crippen molar-refractivity contribution < 1.29 is 57.7 Å². The maximum atomic E-state index is 11.7. The molecule has 12 heteroatoms. The molecular weight excluding hydrogens is 949 g/mol. The first kappa shape index (κ1) is 57.4. The van der Waals surface area contributed by atoms with Crippen LogP contribution in [-0.2, 0) is 43.4 Å². The van der Waals surface area contributed by atoms with Gasteiger partial charge in [-0.15, -0.1) is 0 Å². The zero-order chi connectivity index (χ0) is 53.5. The molecule has 0 aliphatic heterocycles.